The monoisotopic (exact) mass is 536 g/mol. The maximum atomic E-state index is 2.45. The van der Waals surface area contributed by atoms with Crippen LogP contribution < -0.4 is 32.9 Å². The lowest BCUT2D eigenvalue weighted by molar-refractivity contribution is -0.00000677. The molecule has 3 rings (SSSR count). The first-order chi connectivity index (χ1) is 16.3. The van der Waals surface area contributed by atoms with Crippen LogP contribution in [-0.4, -0.2) is 6.16 Å². The van der Waals surface area contributed by atoms with E-state index in [0.717, 1.165) is 5.92 Å². The second-order valence-corrected chi connectivity index (χ2v) is 12.9. The Morgan fingerprint density at radius 1 is 0.618 bits per heavy atom. The minimum Gasteiger partial charge on any atom is -1.00 e. The van der Waals surface area contributed by atoms with E-state index in [4.69, 9.17) is 0 Å². The van der Waals surface area contributed by atoms with Crippen LogP contribution in [0.25, 0.3) is 0 Å². The lowest BCUT2D eigenvalue weighted by Gasteiger charge is -2.28. The van der Waals surface area contributed by atoms with E-state index in [1.165, 1.54) is 73.4 Å². The SMILES string of the molecule is CCCCCC/C=C\CC[C@@H](C)CC[P+](c1ccccc1)(c1ccccc1)c1ccccc1.[Br-]. The van der Waals surface area contributed by atoms with Gasteiger partial charge in [-0.1, -0.05) is 99.9 Å². The molecule has 0 N–H and O–H groups in total. The average molecular weight is 538 g/mol. The topological polar surface area (TPSA) is 0 Å². The van der Waals surface area contributed by atoms with Crippen molar-refractivity contribution in [2.24, 2.45) is 5.92 Å². The van der Waals surface area contributed by atoms with E-state index < -0.39 is 7.26 Å². The average Bonchev–Trinajstić information content (AvgIpc) is 2.88. The van der Waals surface area contributed by atoms with Crippen molar-refractivity contribution in [3.05, 3.63) is 103 Å². The Morgan fingerprint density at radius 2 is 1.09 bits per heavy atom. The fourth-order valence-corrected chi connectivity index (χ4v) is 9.29. The van der Waals surface area contributed by atoms with Gasteiger partial charge in [-0.3, -0.25) is 0 Å². The molecule has 0 nitrogen and oxygen atoms in total. The fraction of sp³-hybridized carbons (Fsp3) is 0.375. The third kappa shape index (κ3) is 8.21. The fourth-order valence-electron chi connectivity index (χ4n) is 4.75. The van der Waals surface area contributed by atoms with E-state index in [0.29, 0.717) is 0 Å². The Bertz CT molecular complexity index is 824. The van der Waals surface area contributed by atoms with Gasteiger partial charge in [0, 0.05) is 0 Å². The molecule has 0 aliphatic carbocycles. The molecule has 0 heterocycles. The van der Waals surface area contributed by atoms with Crippen molar-refractivity contribution in [2.75, 3.05) is 6.16 Å². The van der Waals surface area contributed by atoms with Crippen molar-refractivity contribution in [2.45, 2.75) is 65.2 Å². The van der Waals surface area contributed by atoms with Gasteiger partial charge in [0.1, 0.15) is 23.2 Å². The second-order valence-electron chi connectivity index (χ2n) is 9.33. The summed E-state index contributed by atoms with van der Waals surface area (Å²) in [7, 11) is -1.69. The first kappa shape index (κ1) is 28.5. The summed E-state index contributed by atoms with van der Waals surface area (Å²) in [5.41, 5.74) is 0. The molecule has 0 amide bonds. The van der Waals surface area contributed by atoms with Gasteiger partial charge in [-0.05, 0) is 74.4 Å². The summed E-state index contributed by atoms with van der Waals surface area (Å²) in [6.07, 6.45) is 16.5. The lowest BCUT2D eigenvalue weighted by atomic mass is 10.0. The molecule has 182 valence electrons. The van der Waals surface area contributed by atoms with Gasteiger partial charge < -0.3 is 17.0 Å². The van der Waals surface area contributed by atoms with Crippen molar-refractivity contribution < 1.29 is 17.0 Å². The van der Waals surface area contributed by atoms with Gasteiger partial charge in [0.2, 0.25) is 0 Å². The molecule has 3 aromatic carbocycles. The highest BCUT2D eigenvalue weighted by Crippen LogP contribution is 2.56. The molecule has 0 aliphatic heterocycles. The van der Waals surface area contributed by atoms with E-state index in [1.54, 1.807) is 0 Å². The molecular weight excluding hydrogens is 495 g/mol. The van der Waals surface area contributed by atoms with Crippen molar-refractivity contribution in [1.82, 2.24) is 0 Å². The largest absolute Gasteiger partial charge is 1.00 e. The van der Waals surface area contributed by atoms with E-state index in [1.807, 2.05) is 0 Å². The third-order valence-electron chi connectivity index (χ3n) is 6.77. The minimum atomic E-state index is -1.69. The summed E-state index contributed by atoms with van der Waals surface area (Å²) >= 11 is 0. The molecule has 34 heavy (non-hydrogen) atoms. The predicted octanol–water partition coefficient (Wildman–Crippen LogP) is 5.32. The van der Waals surface area contributed by atoms with Crippen molar-refractivity contribution >= 4 is 23.2 Å². The number of unbranched alkanes of at least 4 members (excludes halogenated alkanes) is 4. The Balaban J connectivity index is 0.00000408. The molecule has 0 aliphatic rings. The van der Waals surface area contributed by atoms with Crippen molar-refractivity contribution in [1.29, 1.82) is 0 Å². The van der Waals surface area contributed by atoms with Crippen LogP contribution in [0.3, 0.4) is 0 Å². The van der Waals surface area contributed by atoms with Crippen LogP contribution >= 0.6 is 7.26 Å². The molecule has 0 saturated heterocycles. The molecule has 2 heteroatoms. The predicted molar refractivity (Wildman–Crippen MR) is 151 cm³/mol. The summed E-state index contributed by atoms with van der Waals surface area (Å²) in [4.78, 5) is 0. The molecule has 0 saturated carbocycles. The number of hydrogen-bond donors (Lipinski definition) is 0. The van der Waals surface area contributed by atoms with Crippen LogP contribution in [0.2, 0.25) is 0 Å². The van der Waals surface area contributed by atoms with Gasteiger partial charge in [-0.2, -0.15) is 0 Å². The number of benzene rings is 3. The quantitative estimate of drug-likeness (QED) is 0.148. The zero-order chi connectivity index (χ0) is 23.2. The van der Waals surface area contributed by atoms with E-state index in [-0.39, 0.29) is 17.0 Å². The van der Waals surface area contributed by atoms with Gasteiger partial charge in [-0.15, -0.1) is 0 Å². The molecule has 0 bridgehead atoms. The first-order valence-corrected chi connectivity index (χ1v) is 14.9. The highest BCUT2D eigenvalue weighted by Gasteiger charge is 2.44. The standard InChI is InChI=1S/C32H42P.BrH/c1-3-4-5-6-7-8-9-13-20-29(2)27-28-33(30-21-14-10-15-22-30,31-23-16-11-17-24-31)32-25-18-12-19-26-32;/h8-12,14-19,21-26,29H,3-7,13,20,27-28H2,1-2H3;1H/q+1;/p-1/b9-8-;/t29-;/m1./s1. The second kappa shape index (κ2) is 16.1. The summed E-state index contributed by atoms with van der Waals surface area (Å²) in [5.74, 6) is 0.727. The Hall–Kier alpha value is -1.69. The maximum absolute atomic E-state index is 2.45. The smallest absolute Gasteiger partial charge is 0.112 e. The maximum Gasteiger partial charge on any atom is 0.112 e. The van der Waals surface area contributed by atoms with Gasteiger partial charge in [-0.25, -0.2) is 0 Å². The molecule has 0 fully saturated rings. The third-order valence-corrected chi connectivity index (χ3v) is 11.2. The van der Waals surface area contributed by atoms with Gasteiger partial charge in [0.15, 0.2) is 0 Å². The van der Waals surface area contributed by atoms with Gasteiger partial charge in [0.05, 0.1) is 6.16 Å². The van der Waals surface area contributed by atoms with Crippen LogP contribution in [-0.2, 0) is 0 Å². The zero-order valence-corrected chi connectivity index (χ0v) is 23.6. The van der Waals surface area contributed by atoms with Crippen LogP contribution in [0, 0.1) is 5.92 Å². The molecule has 1 atom stereocenters. The van der Waals surface area contributed by atoms with Gasteiger partial charge in [0.25, 0.3) is 0 Å². The normalized spacial score (nSPS) is 12.4. The minimum absolute atomic E-state index is 0. The van der Waals surface area contributed by atoms with Crippen molar-refractivity contribution in [3.8, 4) is 0 Å². The van der Waals surface area contributed by atoms with Crippen LogP contribution in [0.1, 0.15) is 65.2 Å². The highest BCUT2D eigenvalue weighted by atomic mass is 79.9. The van der Waals surface area contributed by atoms with Gasteiger partial charge >= 0.3 is 0 Å². The molecule has 0 aromatic heterocycles. The lowest BCUT2D eigenvalue weighted by Crippen LogP contribution is -3.00. The molecule has 0 spiro atoms. The van der Waals surface area contributed by atoms with E-state index in [9.17, 15) is 0 Å². The highest BCUT2D eigenvalue weighted by molar-refractivity contribution is 7.95. The Labute approximate surface area is 220 Å². The Morgan fingerprint density at radius 3 is 1.56 bits per heavy atom. The van der Waals surface area contributed by atoms with E-state index >= 15 is 0 Å². The Kier molecular flexibility index (Phi) is 13.5. The summed E-state index contributed by atoms with van der Waals surface area (Å²) in [5, 5.41) is 4.50. The summed E-state index contributed by atoms with van der Waals surface area (Å²) in [6.45, 7) is 4.73. The first-order valence-electron chi connectivity index (χ1n) is 13.0. The molecule has 0 radical (unpaired) electrons. The number of halogens is 1. The summed E-state index contributed by atoms with van der Waals surface area (Å²) in [6, 6.07) is 33.9. The number of allylic oxidation sites excluding steroid dienone is 2. The van der Waals surface area contributed by atoms with Crippen LogP contribution in [0.5, 0.6) is 0 Å². The zero-order valence-electron chi connectivity index (χ0n) is 21.1. The van der Waals surface area contributed by atoms with E-state index in [2.05, 4.69) is 117 Å². The molecule has 0 unspecified atom stereocenters. The summed E-state index contributed by atoms with van der Waals surface area (Å²) < 4.78 is 0. The van der Waals surface area contributed by atoms with Crippen molar-refractivity contribution in [3.63, 3.8) is 0 Å². The van der Waals surface area contributed by atoms with Crippen LogP contribution in [0.4, 0.5) is 0 Å². The number of rotatable bonds is 14. The number of hydrogen-bond acceptors (Lipinski definition) is 0. The molecule has 3 aromatic rings. The van der Waals surface area contributed by atoms with Crippen LogP contribution in [0.15, 0.2) is 103 Å². The molecular formula is C32H42BrP.